The third-order valence-corrected chi connectivity index (χ3v) is 7.57. The van der Waals surface area contributed by atoms with Crippen LogP contribution in [0, 0.1) is 5.92 Å². The van der Waals surface area contributed by atoms with Gasteiger partial charge in [-0.05, 0) is 76.1 Å². The Morgan fingerprint density at radius 2 is 1.85 bits per heavy atom. The van der Waals surface area contributed by atoms with E-state index in [9.17, 15) is 14.3 Å². The third kappa shape index (κ3) is 9.17. The molecule has 0 amide bonds. The number of halogens is 1. The predicted octanol–water partition coefficient (Wildman–Crippen LogP) is 5.36. The number of alkyl halides is 1. The number of nitrogens with zero attached hydrogens (tertiary/aromatic N) is 4. The lowest BCUT2D eigenvalue weighted by Gasteiger charge is -2.25. The third-order valence-electron chi connectivity index (χ3n) is 7.57. The molecule has 2 aromatic heterocycles. The molecule has 0 saturated heterocycles. The number of pyridine rings is 1. The number of carboxylic acid groups (broad SMARTS) is 1. The van der Waals surface area contributed by atoms with Gasteiger partial charge in [-0.15, -0.1) is 0 Å². The average molecular weight is 549 g/mol. The number of aryl methyl sites for hydroxylation is 3. The molecule has 8 heteroatoms. The summed E-state index contributed by atoms with van der Waals surface area (Å²) >= 11 is 0. The maximum Gasteiger partial charge on any atom is 0.306 e. The molecule has 2 heterocycles. The zero-order valence-corrected chi connectivity index (χ0v) is 23.5. The van der Waals surface area contributed by atoms with Crippen LogP contribution in [-0.2, 0) is 35.2 Å². The molecule has 1 aliphatic carbocycles. The van der Waals surface area contributed by atoms with Crippen LogP contribution in [0.4, 0.5) is 4.39 Å². The Morgan fingerprint density at radius 1 is 1.02 bits per heavy atom. The van der Waals surface area contributed by atoms with Gasteiger partial charge in [0.1, 0.15) is 6.17 Å². The van der Waals surface area contributed by atoms with Crippen molar-refractivity contribution in [3.05, 3.63) is 77.5 Å². The number of carbonyl (C=O) groups is 1. The summed E-state index contributed by atoms with van der Waals surface area (Å²) in [5.74, 6) is -1.50. The highest BCUT2D eigenvalue weighted by Gasteiger charge is 2.22. The van der Waals surface area contributed by atoms with Gasteiger partial charge in [0.25, 0.3) is 0 Å². The number of benzene rings is 1. The van der Waals surface area contributed by atoms with Crippen LogP contribution in [0.3, 0.4) is 0 Å². The van der Waals surface area contributed by atoms with Crippen molar-refractivity contribution in [1.29, 1.82) is 0 Å². The molecule has 0 fully saturated rings. The van der Waals surface area contributed by atoms with Crippen LogP contribution in [0.15, 0.2) is 54.9 Å². The van der Waals surface area contributed by atoms with Gasteiger partial charge in [-0.25, -0.2) is 4.39 Å². The zero-order valence-electron chi connectivity index (χ0n) is 23.5. The number of aromatic nitrogens is 3. The molecule has 7 nitrogen and oxygen atoms in total. The van der Waals surface area contributed by atoms with Gasteiger partial charge in [-0.2, -0.15) is 0 Å². The number of methoxy groups -OCH3 is 1. The monoisotopic (exact) mass is 548 g/mol. The predicted molar refractivity (Wildman–Crippen MR) is 154 cm³/mol. The van der Waals surface area contributed by atoms with Crippen molar-refractivity contribution in [2.75, 3.05) is 33.4 Å². The van der Waals surface area contributed by atoms with Crippen molar-refractivity contribution in [3.8, 4) is 11.3 Å². The zero-order chi connectivity index (χ0) is 28.2. The van der Waals surface area contributed by atoms with Crippen LogP contribution in [0.2, 0.25) is 0 Å². The Balaban J connectivity index is 1.29. The van der Waals surface area contributed by atoms with Gasteiger partial charge in [0.05, 0.1) is 30.1 Å². The molecular formula is C32H41FN4O3. The Kier molecular flexibility index (Phi) is 11.5. The lowest BCUT2D eigenvalue weighted by molar-refractivity contribution is -0.142. The summed E-state index contributed by atoms with van der Waals surface area (Å²) < 4.78 is 19.5. The van der Waals surface area contributed by atoms with E-state index in [1.165, 1.54) is 31.2 Å². The maximum absolute atomic E-state index is 14.5. The van der Waals surface area contributed by atoms with Gasteiger partial charge >= 0.3 is 5.97 Å². The first-order chi connectivity index (χ1) is 19.5. The van der Waals surface area contributed by atoms with E-state index in [1.807, 2.05) is 35.2 Å². The first-order valence-electron chi connectivity index (χ1n) is 14.4. The lowest BCUT2D eigenvalue weighted by atomic mass is 9.95. The van der Waals surface area contributed by atoms with E-state index in [1.54, 1.807) is 12.4 Å². The normalized spacial score (nSPS) is 14.6. The Hall–Kier alpha value is -3.23. The maximum atomic E-state index is 14.5. The van der Waals surface area contributed by atoms with E-state index in [-0.39, 0.29) is 19.6 Å². The number of rotatable bonds is 16. The average Bonchev–Trinajstić information content (AvgIpc) is 2.98. The molecule has 214 valence electrons. The van der Waals surface area contributed by atoms with Crippen molar-refractivity contribution < 1.29 is 19.0 Å². The molecule has 0 bridgehead atoms. The van der Waals surface area contributed by atoms with E-state index >= 15 is 0 Å². The standard InChI is InChI=1S/C32H41FN4O3/c1-40-23-27(33)22-37(17-8-7-12-28-15-14-25-11-5-6-13-30(25)36-28)18-16-26(32(38)39)19-29-20-35-31(21-34-29)24-9-3-2-4-10-24/h2-4,9-10,14-15,20-21,26-27H,5-8,11-13,16-19,22-23H2,1H3,(H,38,39)/t26-,27+/m1/s1. The van der Waals surface area contributed by atoms with Crippen LogP contribution in [-0.4, -0.2) is 70.5 Å². The highest BCUT2D eigenvalue weighted by molar-refractivity contribution is 5.70. The molecule has 1 N–H and O–H groups in total. The summed E-state index contributed by atoms with van der Waals surface area (Å²) in [6.07, 6.45) is 10.3. The molecule has 40 heavy (non-hydrogen) atoms. The highest BCUT2D eigenvalue weighted by Crippen LogP contribution is 2.21. The van der Waals surface area contributed by atoms with Crippen molar-refractivity contribution in [1.82, 2.24) is 19.9 Å². The highest BCUT2D eigenvalue weighted by atomic mass is 19.1. The minimum atomic E-state index is -1.12. The van der Waals surface area contributed by atoms with Crippen LogP contribution < -0.4 is 0 Å². The number of fused-ring (bicyclic) bond motifs is 1. The van der Waals surface area contributed by atoms with Gasteiger partial charge in [0, 0.05) is 43.2 Å². The number of unbranched alkanes of at least 4 members (excludes halogenated alkanes) is 1. The Bertz CT molecular complexity index is 1190. The van der Waals surface area contributed by atoms with Crippen LogP contribution in [0.5, 0.6) is 0 Å². The lowest BCUT2D eigenvalue weighted by Crippen LogP contribution is -2.36. The molecular weight excluding hydrogens is 507 g/mol. The van der Waals surface area contributed by atoms with Crippen molar-refractivity contribution in [3.63, 3.8) is 0 Å². The molecule has 0 spiro atoms. The SMILES string of the molecule is COC[C@@H](F)CN(CCCCc1ccc2c(n1)CCCC2)CC[C@H](Cc1cnc(-c2ccccc2)cn1)C(=O)O. The van der Waals surface area contributed by atoms with Gasteiger partial charge in [-0.3, -0.25) is 19.7 Å². The first-order valence-corrected chi connectivity index (χ1v) is 14.4. The van der Waals surface area contributed by atoms with Crippen molar-refractivity contribution in [2.45, 2.75) is 64.0 Å². The van der Waals surface area contributed by atoms with Crippen molar-refractivity contribution in [2.24, 2.45) is 5.92 Å². The summed E-state index contributed by atoms with van der Waals surface area (Å²) in [5.41, 5.74) is 6.12. The summed E-state index contributed by atoms with van der Waals surface area (Å²) in [7, 11) is 1.49. The summed E-state index contributed by atoms with van der Waals surface area (Å²) in [6, 6.07) is 14.1. The fourth-order valence-electron chi connectivity index (χ4n) is 5.34. The largest absolute Gasteiger partial charge is 0.481 e. The van der Waals surface area contributed by atoms with Crippen LogP contribution in [0.1, 0.15) is 54.7 Å². The molecule has 1 aliphatic rings. The van der Waals surface area contributed by atoms with Gasteiger partial charge in [0.2, 0.25) is 0 Å². The fraction of sp³-hybridized carbons (Fsp3) is 0.500. The summed E-state index contributed by atoms with van der Waals surface area (Å²) in [5, 5.41) is 9.90. The number of hydrogen-bond acceptors (Lipinski definition) is 6. The Labute approximate surface area is 236 Å². The second-order valence-corrected chi connectivity index (χ2v) is 10.7. The Morgan fingerprint density at radius 3 is 2.60 bits per heavy atom. The minimum absolute atomic E-state index is 0.0290. The van der Waals surface area contributed by atoms with Crippen LogP contribution in [0.25, 0.3) is 11.3 Å². The second kappa shape index (κ2) is 15.5. The molecule has 4 rings (SSSR count). The molecule has 3 aromatic rings. The van der Waals surface area contributed by atoms with Gasteiger partial charge in [-0.1, -0.05) is 36.4 Å². The number of ether oxygens (including phenoxy) is 1. The van der Waals surface area contributed by atoms with Gasteiger partial charge in [0.15, 0.2) is 0 Å². The molecule has 2 atom stereocenters. The van der Waals surface area contributed by atoms with E-state index in [2.05, 4.69) is 22.1 Å². The number of aliphatic carboxylic acids is 1. The molecule has 0 radical (unpaired) electrons. The molecule has 0 aliphatic heterocycles. The quantitative estimate of drug-likeness (QED) is 0.241. The van der Waals surface area contributed by atoms with Crippen LogP contribution >= 0.6 is 0 Å². The van der Waals surface area contributed by atoms with E-state index in [0.717, 1.165) is 49.1 Å². The van der Waals surface area contributed by atoms with E-state index in [4.69, 9.17) is 9.72 Å². The van der Waals surface area contributed by atoms with E-state index < -0.39 is 18.1 Å². The molecule has 0 unspecified atom stereocenters. The van der Waals surface area contributed by atoms with Crippen molar-refractivity contribution >= 4 is 5.97 Å². The summed E-state index contributed by atoms with van der Waals surface area (Å²) in [6.45, 7) is 1.45. The van der Waals surface area contributed by atoms with E-state index in [0.29, 0.717) is 25.2 Å². The fourth-order valence-corrected chi connectivity index (χ4v) is 5.34. The molecule has 1 aromatic carbocycles. The number of carboxylic acids is 1. The summed E-state index contributed by atoms with van der Waals surface area (Å²) in [4.78, 5) is 27.9. The first kappa shape index (κ1) is 29.7. The second-order valence-electron chi connectivity index (χ2n) is 10.7. The van der Waals surface area contributed by atoms with Gasteiger partial charge < -0.3 is 14.7 Å². The topological polar surface area (TPSA) is 88.4 Å². The minimum Gasteiger partial charge on any atom is -0.481 e. The number of hydrogen-bond donors (Lipinski definition) is 1. The smallest absolute Gasteiger partial charge is 0.306 e. The molecule has 0 saturated carbocycles.